The summed E-state index contributed by atoms with van der Waals surface area (Å²) in [5, 5.41) is 0. The molecule has 0 saturated carbocycles. The van der Waals surface area contributed by atoms with Gasteiger partial charge < -0.3 is 4.57 Å². The van der Waals surface area contributed by atoms with Crippen LogP contribution in [-0.2, 0) is 13.0 Å². The van der Waals surface area contributed by atoms with Gasteiger partial charge in [-0.05, 0) is 24.5 Å². The van der Waals surface area contributed by atoms with Gasteiger partial charge in [0.2, 0.25) is 0 Å². The van der Waals surface area contributed by atoms with E-state index in [1.807, 2.05) is 0 Å². The summed E-state index contributed by atoms with van der Waals surface area (Å²) in [6.07, 6.45) is 15.3. The first kappa shape index (κ1) is 13.3. The van der Waals surface area contributed by atoms with Crippen LogP contribution >= 0.6 is 0 Å². The van der Waals surface area contributed by atoms with E-state index < -0.39 is 0 Å². The molecule has 0 atom stereocenters. The van der Waals surface area contributed by atoms with Crippen molar-refractivity contribution in [2.24, 2.45) is 0 Å². The molecule has 92 valence electrons. The van der Waals surface area contributed by atoms with Crippen LogP contribution in [0.5, 0.6) is 0 Å². The fraction of sp³-hybridized carbons (Fsp3) is 0.733. The largest absolute Gasteiger partial charge is 0.354 e. The van der Waals surface area contributed by atoms with Crippen molar-refractivity contribution in [3.05, 3.63) is 24.0 Å². The van der Waals surface area contributed by atoms with E-state index in [0.29, 0.717) is 0 Å². The number of rotatable bonds is 9. The predicted octanol–water partition coefficient (Wildman–Crippen LogP) is 4.80. The molecule has 0 unspecified atom stereocenters. The molecule has 1 heteroatoms. The average Bonchev–Trinajstić information content (AvgIpc) is 2.72. The Morgan fingerprint density at radius 3 is 2.44 bits per heavy atom. The van der Waals surface area contributed by atoms with Gasteiger partial charge in [-0.1, -0.05) is 52.4 Å². The third kappa shape index (κ3) is 5.39. The quantitative estimate of drug-likeness (QED) is 0.528. The summed E-state index contributed by atoms with van der Waals surface area (Å²) >= 11 is 0. The first-order chi connectivity index (χ1) is 7.86. The van der Waals surface area contributed by atoms with E-state index in [-0.39, 0.29) is 0 Å². The third-order valence-electron chi connectivity index (χ3n) is 3.12. The third-order valence-corrected chi connectivity index (χ3v) is 3.12. The summed E-state index contributed by atoms with van der Waals surface area (Å²) < 4.78 is 2.35. The van der Waals surface area contributed by atoms with Crippen LogP contribution in [0.2, 0.25) is 0 Å². The van der Waals surface area contributed by atoms with Crippen LogP contribution in [0.1, 0.15) is 64.4 Å². The van der Waals surface area contributed by atoms with E-state index in [1.165, 1.54) is 63.5 Å². The number of nitrogens with zero attached hydrogens (tertiary/aromatic N) is 1. The van der Waals surface area contributed by atoms with Crippen molar-refractivity contribution in [2.75, 3.05) is 0 Å². The Kier molecular flexibility index (Phi) is 7.03. The molecular formula is C15H27N. The van der Waals surface area contributed by atoms with E-state index >= 15 is 0 Å². The van der Waals surface area contributed by atoms with Gasteiger partial charge in [0.05, 0.1) is 0 Å². The first-order valence-electron chi connectivity index (χ1n) is 7.01. The summed E-state index contributed by atoms with van der Waals surface area (Å²) in [4.78, 5) is 0. The number of hydrogen-bond donors (Lipinski definition) is 0. The maximum Gasteiger partial charge on any atom is 0.0219 e. The van der Waals surface area contributed by atoms with Crippen molar-refractivity contribution in [2.45, 2.75) is 71.8 Å². The van der Waals surface area contributed by atoms with Gasteiger partial charge in [-0.25, -0.2) is 0 Å². The van der Waals surface area contributed by atoms with Crippen LogP contribution < -0.4 is 0 Å². The van der Waals surface area contributed by atoms with Gasteiger partial charge in [0, 0.05) is 18.9 Å². The summed E-state index contributed by atoms with van der Waals surface area (Å²) in [6, 6.07) is 2.26. The second-order valence-electron chi connectivity index (χ2n) is 4.78. The van der Waals surface area contributed by atoms with Crippen LogP contribution in [0.3, 0.4) is 0 Å². The lowest BCUT2D eigenvalue weighted by Crippen LogP contribution is -1.94. The van der Waals surface area contributed by atoms with E-state index in [2.05, 4.69) is 36.9 Å². The Hall–Kier alpha value is -0.720. The standard InChI is InChI=1S/C15H27N/c1-3-5-6-7-8-9-12-16-13-11-15(14-16)10-4-2/h11,13-14H,3-10,12H2,1-2H3. The lowest BCUT2D eigenvalue weighted by Gasteiger charge is -2.02. The second-order valence-corrected chi connectivity index (χ2v) is 4.78. The molecule has 0 fully saturated rings. The molecule has 1 aromatic rings. The molecule has 0 bridgehead atoms. The molecule has 1 aromatic heterocycles. The van der Waals surface area contributed by atoms with Gasteiger partial charge >= 0.3 is 0 Å². The Morgan fingerprint density at radius 2 is 1.69 bits per heavy atom. The van der Waals surface area contributed by atoms with Gasteiger partial charge in [-0.15, -0.1) is 0 Å². The molecule has 16 heavy (non-hydrogen) atoms. The van der Waals surface area contributed by atoms with Crippen molar-refractivity contribution >= 4 is 0 Å². The van der Waals surface area contributed by atoms with Gasteiger partial charge in [0.25, 0.3) is 0 Å². The maximum atomic E-state index is 2.35. The first-order valence-corrected chi connectivity index (χ1v) is 7.01. The molecule has 0 aliphatic heterocycles. The molecule has 0 spiro atoms. The monoisotopic (exact) mass is 221 g/mol. The van der Waals surface area contributed by atoms with Gasteiger partial charge in [-0.2, -0.15) is 0 Å². The highest BCUT2D eigenvalue weighted by Crippen LogP contribution is 2.08. The summed E-state index contributed by atoms with van der Waals surface area (Å²) in [5.41, 5.74) is 1.49. The highest BCUT2D eigenvalue weighted by molar-refractivity contribution is 5.10. The van der Waals surface area contributed by atoms with E-state index in [1.54, 1.807) is 0 Å². The minimum atomic E-state index is 1.20. The molecule has 0 aromatic carbocycles. The second kappa shape index (κ2) is 8.43. The lowest BCUT2D eigenvalue weighted by atomic mass is 10.1. The average molecular weight is 221 g/mol. The van der Waals surface area contributed by atoms with Crippen molar-refractivity contribution in [3.63, 3.8) is 0 Å². The highest BCUT2D eigenvalue weighted by Gasteiger charge is 1.96. The fourth-order valence-electron chi connectivity index (χ4n) is 2.14. The Bertz CT molecular complexity index is 262. The van der Waals surface area contributed by atoms with E-state index in [4.69, 9.17) is 0 Å². The number of aromatic nitrogens is 1. The molecule has 0 aliphatic carbocycles. The molecule has 0 N–H and O–H groups in total. The zero-order valence-electron chi connectivity index (χ0n) is 11.0. The molecule has 1 heterocycles. The summed E-state index contributed by atoms with van der Waals surface area (Å²) in [6.45, 7) is 5.72. The van der Waals surface area contributed by atoms with Crippen molar-refractivity contribution < 1.29 is 0 Å². The van der Waals surface area contributed by atoms with Crippen LogP contribution in [0.15, 0.2) is 18.5 Å². The predicted molar refractivity (Wildman–Crippen MR) is 71.8 cm³/mol. The number of aryl methyl sites for hydroxylation is 2. The normalized spacial score (nSPS) is 10.9. The van der Waals surface area contributed by atoms with Gasteiger partial charge in [0.1, 0.15) is 0 Å². The zero-order chi connectivity index (χ0) is 11.6. The van der Waals surface area contributed by atoms with Crippen molar-refractivity contribution in [1.29, 1.82) is 0 Å². The summed E-state index contributed by atoms with van der Waals surface area (Å²) in [5.74, 6) is 0. The van der Waals surface area contributed by atoms with Crippen LogP contribution in [0.4, 0.5) is 0 Å². The van der Waals surface area contributed by atoms with Crippen LogP contribution in [0, 0.1) is 0 Å². The minimum absolute atomic E-state index is 1.20. The molecular weight excluding hydrogens is 194 g/mol. The van der Waals surface area contributed by atoms with Crippen LogP contribution in [-0.4, -0.2) is 4.57 Å². The Morgan fingerprint density at radius 1 is 0.938 bits per heavy atom. The fourth-order valence-corrected chi connectivity index (χ4v) is 2.14. The Balaban J connectivity index is 2.07. The van der Waals surface area contributed by atoms with E-state index in [9.17, 15) is 0 Å². The molecule has 1 nitrogen and oxygen atoms in total. The summed E-state index contributed by atoms with van der Waals surface area (Å²) in [7, 11) is 0. The minimum Gasteiger partial charge on any atom is -0.354 e. The van der Waals surface area contributed by atoms with Gasteiger partial charge in [0.15, 0.2) is 0 Å². The molecule has 0 amide bonds. The number of unbranched alkanes of at least 4 members (excludes halogenated alkanes) is 5. The zero-order valence-corrected chi connectivity index (χ0v) is 11.0. The Labute approximate surface area is 101 Å². The smallest absolute Gasteiger partial charge is 0.0219 e. The van der Waals surface area contributed by atoms with Crippen LogP contribution in [0.25, 0.3) is 0 Å². The SMILES string of the molecule is CCCCCCCCn1ccc(CCC)c1. The van der Waals surface area contributed by atoms with Gasteiger partial charge in [-0.3, -0.25) is 0 Å². The molecule has 0 radical (unpaired) electrons. The topological polar surface area (TPSA) is 4.93 Å². The van der Waals surface area contributed by atoms with E-state index in [0.717, 1.165) is 0 Å². The van der Waals surface area contributed by atoms with Crippen molar-refractivity contribution in [3.8, 4) is 0 Å². The molecule has 1 rings (SSSR count). The number of hydrogen-bond acceptors (Lipinski definition) is 0. The lowest BCUT2D eigenvalue weighted by molar-refractivity contribution is 0.558. The highest BCUT2D eigenvalue weighted by atomic mass is 14.9. The molecule has 0 aliphatic rings. The van der Waals surface area contributed by atoms with Crippen molar-refractivity contribution in [1.82, 2.24) is 4.57 Å². The maximum absolute atomic E-state index is 2.35. The molecule has 0 saturated heterocycles.